The van der Waals surface area contributed by atoms with E-state index in [1.807, 2.05) is 18.2 Å². The molecule has 114 valence electrons. The van der Waals surface area contributed by atoms with Gasteiger partial charge in [-0.3, -0.25) is 4.79 Å². The number of benzene rings is 2. The minimum Gasteiger partial charge on any atom is -0.495 e. The molecule has 3 rings (SSSR count). The molecule has 1 aliphatic rings. The number of nitrogens with zero attached hydrogens (tertiary/aromatic N) is 1. The maximum atomic E-state index is 11.8. The summed E-state index contributed by atoms with van der Waals surface area (Å²) in [6.45, 7) is 2.56. The fourth-order valence-electron chi connectivity index (χ4n) is 3.30. The molecule has 0 bridgehead atoms. The van der Waals surface area contributed by atoms with E-state index in [0.29, 0.717) is 6.42 Å². The van der Waals surface area contributed by atoms with Crippen molar-refractivity contribution in [2.45, 2.75) is 25.8 Å². The van der Waals surface area contributed by atoms with Crippen molar-refractivity contribution < 1.29 is 9.53 Å². The Morgan fingerprint density at radius 1 is 1.18 bits per heavy atom. The van der Waals surface area contributed by atoms with Crippen molar-refractivity contribution in [1.29, 1.82) is 0 Å². The molecule has 1 unspecified atom stereocenters. The lowest BCUT2D eigenvalue weighted by molar-refractivity contribution is -0.117. The van der Waals surface area contributed by atoms with Crippen molar-refractivity contribution in [2.75, 3.05) is 18.6 Å². The molecule has 1 atom stereocenters. The maximum absolute atomic E-state index is 11.8. The number of para-hydroxylation sites is 2. The number of hydrogen-bond donors (Lipinski definition) is 0. The molecule has 0 saturated carbocycles. The van der Waals surface area contributed by atoms with E-state index < -0.39 is 0 Å². The highest BCUT2D eigenvalue weighted by molar-refractivity contribution is 5.77. The number of rotatable bonds is 4. The number of Topliss-reactive ketones (excluding diaryl/α,β-unsaturated/α-hetero) is 1. The molecule has 1 aliphatic heterocycles. The standard InChI is InChI=1S/C19H21NO2/c1-14(21)13-18-16-8-4-3-7-15(16)11-12-20(18)17-9-5-6-10-19(17)22-2/h3-10,18H,11-13H2,1-2H3. The third-order valence-electron chi connectivity index (χ3n) is 4.29. The zero-order valence-corrected chi connectivity index (χ0v) is 13.1. The van der Waals surface area contributed by atoms with E-state index in [9.17, 15) is 4.79 Å². The SMILES string of the molecule is COc1ccccc1N1CCc2ccccc2C1CC(C)=O. The van der Waals surface area contributed by atoms with Crippen LogP contribution in [0.5, 0.6) is 5.75 Å². The van der Waals surface area contributed by atoms with Crippen molar-refractivity contribution in [1.82, 2.24) is 0 Å². The van der Waals surface area contributed by atoms with Crippen LogP contribution in [0.2, 0.25) is 0 Å². The fourth-order valence-corrected chi connectivity index (χ4v) is 3.30. The highest BCUT2D eigenvalue weighted by atomic mass is 16.5. The average molecular weight is 295 g/mol. The number of ether oxygens (including phenoxy) is 1. The molecule has 0 N–H and O–H groups in total. The van der Waals surface area contributed by atoms with Crippen molar-refractivity contribution in [3.63, 3.8) is 0 Å². The zero-order valence-electron chi connectivity index (χ0n) is 13.1. The Bertz CT molecular complexity index is 681. The van der Waals surface area contributed by atoms with Gasteiger partial charge in [-0.2, -0.15) is 0 Å². The maximum Gasteiger partial charge on any atom is 0.142 e. The van der Waals surface area contributed by atoms with Crippen LogP contribution in [-0.4, -0.2) is 19.4 Å². The first-order valence-corrected chi connectivity index (χ1v) is 7.67. The van der Waals surface area contributed by atoms with Gasteiger partial charge in [0, 0.05) is 13.0 Å². The second kappa shape index (κ2) is 6.22. The second-order valence-electron chi connectivity index (χ2n) is 5.74. The predicted molar refractivity (Wildman–Crippen MR) is 88.5 cm³/mol. The Morgan fingerprint density at radius 3 is 2.68 bits per heavy atom. The molecule has 22 heavy (non-hydrogen) atoms. The lowest BCUT2D eigenvalue weighted by atomic mass is 9.89. The number of ketones is 1. The van der Waals surface area contributed by atoms with Gasteiger partial charge < -0.3 is 9.64 Å². The number of hydrogen-bond acceptors (Lipinski definition) is 3. The van der Waals surface area contributed by atoms with Gasteiger partial charge in [-0.1, -0.05) is 36.4 Å². The highest BCUT2D eigenvalue weighted by Crippen LogP contribution is 2.39. The first-order valence-electron chi connectivity index (χ1n) is 7.67. The average Bonchev–Trinajstić information content (AvgIpc) is 2.55. The van der Waals surface area contributed by atoms with E-state index >= 15 is 0 Å². The minimum absolute atomic E-state index is 0.0822. The summed E-state index contributed by atoms with van der Waals surface area (Å²) in [5.41, 5.74) is 3.67. The van der Waals surface area contributed by atoms with Crippen LogP contribution in [0.4, 0.5) is 5.69 Å². The summed E-state index contributed by atoms with van der Waals surface area (Å²) in [5, 5.41) is 0. The molecule has 1 heterocycles. The van der Waals surface area contributed by atoms with Gasteiger partial charge >= 0.3 is 0 Å². The Balaban J connectivity index is 2.05. The molecule has 0 saturated heterocycles. The summed E-state index contributed by atoms with van der Waals surface area (Å²) in [6.07, 6.45) is 1.51. The lowest BCUT2D eigenvalue weighted by Gasteiger charge is -2.39. The van der Waals surface area contributed by atoms with Crippen molar-refractivity contribution in [3.05, 3.63) is 59.7 Å². The number of carbonyl (C=O) groups is 1. The number of anilines is 1. The largest absolute Gasteiger partial charge is 0.495 e. The zero-order chi connectivity index (χ0) is 15.5. The number of fused-ring (bicyclic) bond motifs is 1. The third-order valence-corrected chi connectivity index (χ3v) is 4.29. The van der Waals surface area contributed by atoms with E-state index in [0.717, 1.165) is 24.4 Å². The molecule has 0 radical (unpaired) electrons. The quantitative estimate of drug-likeness (QED) is 0.859. The van der Waals surface area contributed by atoms with Gasteiger partial charge in [0.1, 0.15) is 11.5 Å². The molecule has 0 fully saturated rings. The van der Waals surface area contributed by atoms with Crippen molar-refractivity contribution in [2.24, 2.45) is 0 Å². The van der Waals surface area contributed by atoms with Crippen molar-refractivity contribution in [3.8, 4) is 5.75 Å². The van der Waals surface area contributed by atoms with Crippen LogP contribution in [0, 0.1) is 0 Å². The Labute approximate surface area is 131 Å². The van der Waals surface area contributed by atoms with E-state index in [1.54, 1.807) is 14.0 Å². The topological polar surface area (TPSA) is 29.5 Å². The Morgan fingerprint density at radius 2 is 1.91 bits per heavy atom. The molecule has 2 aromatic carbocycles. The van der Waals surface area contributed by atoms with Crippen LogP contribution in [-0.2, 0) is 11.2 Å². The first-order chi connectivity index (χ1) is 10.7. The normalized spacial score (nSPS) is 17.0. The predicted octanol–water partition coefficient (Wildman–Crippen LogP) is 3.78. The smallest absolute Gasteiger partial charge is 0.142 e. The van der Waals surface area contributed by atoms with Gasteiger partial charge in [-0.05, 0) is 36.6 Å². The molecule has 3 heteroatoms. The third kappa shape index (κ3) is 2.71. The van der Waals surface area contributed by atoms with E-state index in [4.69, 9.17) is 4.74 Å². The second-order valence-corrected chi connectivity index (χ2v) is 5.74. The fraction of sp³-hybridized carbons (Fsp3) is 0.316. The highest BCUT2D eigenvalue weighted by Gasteiger charge is 2.29. The molecule has 0 spiro atoms. The van der Waals surface area contributed by atoms with Gasteiger partial charge in [0.15, 0.2) is 0 Å². The van der Waals surface area contributed by atoms with Crippen LogP contribution in [0.15, 0.2) is 48.5 Å². The summed E-state index contributed by atoms with van der Waals surface area (Å²) in [7, 11) is 1.69. The Kier molecular flexibility index (Phi) is 4.14. The van der Waals surface area contributed by atoms with Gasteiger partial charge in [-0.15, -0.1) is 0 Å². The molecule has 2 aromatic rings. The lowest BCUT2D eigenvalue weighted by Crippen LogP contribution is -2.36. The molecular weight excluding hydrogens is 274 g/mol. The summed E-state index contributed by atoms with van der Waals surface area (Å²) < 4.78 is 5.51. The molecule has 0 aliphatic carbocycles. The minimum atomic E-state index is 0.0822. The van der Waals surface area contributed by atoms with Gasteiger partial charge in [0.05, 0.1) is 18.8 Å². The van der Waals surface area contributed by atoms with Crippen LogP contribution >= 0.6 is 0 Å². The number of carbonyl (C=O) groups excluding carboxylic acids is 1. The van der Waals surface area contributed by atoms with E-state index in [2.05, 4.69) is 35.2 Å². The summed E-state index contributed by atoms with van der Waals surface area (Å²) >= 11 is 0. The molecule has 0 aromatic heterocycles. The molecule has 0 amide bonds. The number of methoxy groups -OCH3 is 1. The van der Waals surface area contributed by atoms with Crippen molar-refractivity contribution >= 4 is 11.5 Å². The van der Waals surface area contributed by atoms with Crippen LogP contribution in [0.1, 0.15) is 30.5 Å². The van der Waals surface area contributed by atoms with Gasteiger partial charge in [0.2, 0.25) is 0 Å². The molecular formula is C19H21NO2. The van der Waals surface area contributed by atoms with E-state index in [-0.39, 0.29) is 11.8 Å². The van der Waals surface area contributed by atoms with Crippen LogP contribution in [0.25, 0.3) is 0 Å². The Hall–Kier alpha value is -2.29. The summed E-state index contributed by atoms with van der Waals surface area (Å²) in [6, 6.07) is 16.6. The summed E-state index contributed by atoms with van der Waals surface area (Å²) in [5.74, 6) is 1.07. The van der Waals surface area contributed by atoms with E-state index in [1.165, 1.54) is 11.1 Å². The van der Waals surface area contributed by atoms with Gasteiger partial charge in [-0.25, -0.2) is 0 Å². The monoisotopic (exact) mass is 295 g/mol. The summed E-state index contributed by atoms with van der Waals surface area (Å²) in [4.78, 5) is 14.1. The van der Waals surface area contributed by atoms with Crippen LogP contribution in [0.3, 0.4) is 0 Å². The molecule has 3 nitrogen and oxygen atoms in total. The first kappa shape index (κ1) is 14.6. The van der Waals surface area contributed by atoms with Gasteiger partial charge in [0.25, 0.3) is 0 Å². The van der Waals surface area contributed by atoms with Crippen LogP contribution < -0.4 is 9.64 Å².